The SMILES string of the molecule is COC(=O)CCNC(C)c1ccc2c(c1)NC(=O)CO2. The molecule has 1 aliphatic heterocycles. The van der Waals surface area contributed by atoms with Crippen LogP contribution in [-0.2, 0) is 14.3 Å². The maximum absolute atomic E-state index is 11.3. The fraction of sp³-hybridized carbons (Fsp3) is 0.429. The fourth-order valence-electron chi connectivity index (χ4n) is 1.98. The van der Waals surface area contributed by atoms with E-state index in [0.717, 1.165) is 5.56 Å². The van der Waals surface area contributed by atoms with Crippen LogP contribution < -0.4 is 15.4 Å². The molecule has 0 aromatic heterocycles. The summed E-state index contributed by atoms with van der Waals surface area (Å²) >= 11 is 0. The molecule has 0 spiro atoms. The molecule has 0 fully saturated rings. The van der Waals surface area contributed by atoms with Gasteiger partial charge in [0.15, 0.2) is 6.61 Å². The Morgan fingerprint density at radius 1 is 1.55 bits per heavy atom. The maximum Gasteiger partial charge on any atom is 0.306 e. The van der Waals surface area contributed by atoms with Crippen molar-refractivity contribution >= 4 is 17.6 Å². The van der Waals surface area contributed by atoms with Crippen molar-refractivity contribution in [1.82, 2.24) is 5.32 Å². The highest BCUT2D eigenvalue weighted by molar-refractivity contribution is 5.95. The Balaban J connectivity index is 1.96. The third-order valence-electron chi connectivity index (χ3n) is 3.14. The molecule has 1 aromatic rings. The molecule has 0 radical (unpaired) electrons. The first-order valence-corrected chi connectivity index (χ1v) is 6.47. The van der Waals surface area contributed by atoms with Gasteiger partial charge in [-0.1, -0.05) is 6.07 Å². The van der Waals surface area contributed by atoms with Gasteiger partial charge in [0.2, 0.25) is 0 Å². The van der Waals surface area contributed by atoms with Crippen LogP contribution in [0.4, 0.5) is 5.69 Å². The van der Waals surface area contributed by atoms with Gasteiger partial charge in [0.1, 0.15) is 5.75 Å². The molecule has 6 heteroatoms. The van der Waals surface area contributed by atoms with E-state index in [2.05, 4.69) is 15.4 Å². The Morgan fingerprint density at radius 2 is 2.35 bits per heavy atom. The maximum atomic E-state index is 11.3. The highest BCUT2D eigenvalue weighted by Crippen LogP contribution is 2.30. The number of fused-ring (bicyclic) bond motifs is 1. The molecule has 1 atom stereocenters. The summed E-state index contributed by atoms with van der Waals surface area (Å²) < 4.78 is 9.88. The lowest BCUT2D eigenvalue weighted by Gasteiger charge is -2.20. The van der Waals surface area contributed by atoms with Crippen LogP contribution in [0.3, 0.4) is 0 Å². The van der Waals surface area contributed by atoms with E-state index in [1.165, 1.54) is 7.11 Å². The van der Waals surface area contributed by atoms with Gasteiger partial charge in [-0.3, -0.25) is 9.59 Å². The molecule has 2 rings (SSSR count). The van der Waals surface area contributed by atoms with Crippen LogP contribution in [0.5, 0.6) is 5.75 Å². The van der Waals surface area contributed by atoms with Crippen molar-refractivity contribution < 1.29 is 19.1 Å². The molecular formula is C14H18N2O4. The van der Waals surface area contributed by atoms with E-state index >= 15 is 0 Å². The summed E-state index contributed by atoms with van der Waals surface area (Å²) in [5.74, 6) is 0.284. The number of hydrogen-bond acceptors (Lipinski definition) is 5. The second kappa shape index (κ2) is 6.38. The van der Waals surface area contributed by atoms with Crippen LogP contribution in [0.2, 0.25) is 0 Å². The number of ether oxygens (including phenoxy) is 2. The zero-order chi connectivity index (χ0) is 14.5. The molecule has 1 aromatic carbocycles. The minimum absolute atomic E-state index is 0.0548. The molecule has 0 aliphatic carbocycles. The van der Waals surface area contributed by atoms with Gasteiger partial charge in [-0.2, -0.15) is 0 Å². The molecule has 0 saturated carbocycles. The number of hydrogen-bond donors (Lipinski definition) is 2. The smallest absolute Gasteiger partial charge is 0.306 e. The molecule has 1 unspecified atom stereocenters. The third-order valence-corrected chi connectivity index (χ3v) is 3.14. The van der Waals surface area contributed by atoms with Crippen molar-refractivity contribution in [1.29, 1.82) is 0 Å². The highest BCUT2D eigenvalue weighted by Gasteiger charge is 2.17. The minimum Gasteiger partial charge on any atom is -0.482 e. The van der Waals surface area contributed by atoms with E-state index in [9.17, 15) is 9.59 Å². The number of carbonyl (C=O) groups is 2. The summed E-state index contributed by atoms with van der Waals surface area (Å²) in [5.41, 5.74) is 1.69. The van der Waals surface area contributed by atoms with Gasteiger partial charge in [-0.15, -0.1) is 0 Å². The quantitative estimate of drug-likeness (QED) is 0.792. The van der Waals surface area contributed by atoms with Crippen LogP contribution in [0.15, 0.2) is 18.2 Å². The molecule has 1 amide bonds. The van der Waals surface area contributed by atoms with Crippen molar-refractivity contribution in [2.45, 2.75) is 19.4 Å². The van der Waals surface area contributed by atoms with E-state index in [4.69, 9.17) is 4.74 Å². The van der Waals surface area contributed by atoms with Crippen molar-refractivity contribution in [3.63, 3.8) is 0 Å². The van der Waals surface area contributed by atoms with Crippen molar-refractivity contribution in [2.75, 3.05) is 25.6 Å². The fourth-order valence-corrected chi connectivity index (χ4v) is 1.98. The lowest BCUT2D eigenvalue weighted by atomic mass is 10.1. The number of rotatable bonds is 5. The van der Waals surface area contributed by atoms with Crippen LogP contribution in [-0.4, -0.2) is 32.1 Å². The minimum atomic E-state index is -0.240. The summed E-state index contributed by atoms with van der Waals surface area (Å²) in [6.45, 7) is 2.58. The van der Waals surface area contributed by atoms with Gasteiger partial charge in [-0.05, 0) is 24.6 Å². The number of methoxy groups -OCH3 is 1. The van der Waals surface area contributed by atoms with E-state index in [0.29, 0.717) is 24.4 Å². The van der Waals surface area contributed by atoms with Gasteiger partial charge in [0, 0.05) is 12.6 Å². The van der Waals surface area contributed by atoms with E-state index < -0.39 is 0 Å². The largest absolute Gasteiger partial charge is 0.482 e. The van der Waals surface area contributed by atoms with Crippen LogP contribution in [0.1, 0.15) is 24.9 Å². The van der Waals surface area contributed by atoms with Gasteiger partial charge >= 0.3 is 5.97 Å². The Kier molecular flexibility index (Phi) is 4.57. The molecule has 6 nitrogen and oxygen atoms in total. The normalized spacial score (nSPS) is 14.8. The first-order valence-electron chi connectivity index (χ1n) is 6.47. The Hall–Kier alpha value is -2.08. The van der Waals surface area contributed by atoms with Crippen LogP contribution in [0, 0.1) is 0 Å². The average molecular weight is 278 g/mol. The third kappa shape index (κ3) is 3.48. The highest BCUT2D eigenvalue weighted by atomic mass is 16.5. The lowest BCUT2D eigenvalue weighted by Crippen LogP contribution is -2.26. The van der Waals surface area contributed by atoms with Crippen LogP contribution >= 0.6 is 0 Å². The summed E-state index contributed by atoms with van der Waals surface area (Å²) in [7, 11) is 1.37. The predicted molar refractivity (Wildman–Crippen MR) is 73.6 cm³/mol. The molecule has 20 heavy (non-hydrogen) atoms. The number of benzene rings is 1. The van der Waals surface area contributed by atoms with Gasteiger partial charge in [0.25, 0.3) is 5.91 Å². The summed E-state index contributed by atoms with van der Waals surface area (Å²) in [6.07, 6.45) is 0.325. The predicted octanol–water partition coefficient (Wildman–Crippen LogP) is 1.23. The number of nitrogens with one attached hydrogen (secondary N) is 2. The number of esters is 1. The standard InChI is InChI=1S/C14H18N2O4/c1-9(15-6-5-14(18)19-2)10-3-4-12-11(7-10)16-13(17)8-20-12/h3-4,7,9,15H,5-6,8H2,1-2H3,(H,16,17). The molecule has 0 saturated heterocycles. The Bertz CT molecular complexity index is 516. The first kappa shape index (κ1) is 14.3. The first-order chi connectivity index (χ1) is 9.60. The zero-order valence-corrected chi connectivity index (χ0v) is 11.6. The zero-order valence-electron chi connectivity index (χ0n) is 11.6. The van der Waals surface area contributed by atoms with Crippen molar-refractivity contribution in [3.8, 4) is 5.75 Å². The number of carbonyl (C=O) groups excluding carboxylic acids is 2. The molecule has 2 N–H and O–H groups in total. The Labute approximate surface area is 117 Å². The van der Waals surface area contributed by atoms with Gasteiger partial charge < -0.3 is 20.1 Å². The number of anilines is 1. The van der Waals surface area contributed by atoms with E-state index in [1.807, 2.05) is 25.1 Å². The summed E-state index contributed by atoms with van der Waals surface area (Å²) in [4.78, 5) is 22.3. The number of amides is 1. The summed E-state index contributed by atoms with van der Waals surface area (Å²) in [5, 5.41) is 6.00. The van der Waals surface area contributed by atoms with E-state index in [-0.39, 0.29) is 24.5 Å². The van der Waals surface area contributed by atoms with Crippen LogP contribution in [0.25, 0.3) is 0 Å². The molecule has 1 aliphatic rings. The van der Waals surface area contributed by atoms with Gasteiger partial charge in [0.05, 0.1) is 19.2 Å². The topological polar surface area (TPSA) is 76.7 Å². The molecule has 108 valence electrons. The van der Waals surface area contributed by atoms with Gasteiger partial charge in [-0.25, -0.2) is 0 Å². The van der Waals surface area contributed by atoms with Crippen molar-refractivity contribution in [2.24, 2.45) is 0 Å². The Morgan fingerprint density at radius 3 is 3.10 bits per heavy atom. The summed E-state index contributed by atoms with van der Waals surface area (Å²) in [6, 6.07) is 5.71. The second-order valence-electron chi connectivity index (χ2n) is 4.59. The van der Waals surface area contributed by atoms with Crippen molar-refractivity contribution in [3.05, 3.63) is 23.8 Å². The lowest BCUT2D eigenvalue weighted by molar-refractivity contribution is -0.140. The van der Waals surface area contributed by atoms with E-state index in [1.54, 1.807) is 0 Å². The molecule has 1 heterocycles. The molecule has 0 bridgehead atoms. The second-order valence-corrected chi connectivity index (χ2v) is 4.59. The average Bonchev–Trinajstić information content (AvgIpc) is 2.46. The monoisotopic (exact) mass is 278 g/mol. The molecular weight excluding hydrogens is 260 g/mol.